The second-order valence-electron chi connectivity index (χ2n) is 3.37. The Morgan fingerprint density at radius 2 is 2.25 bits per heavy atom. The van der Waals surface area contributed by atoms with Crippen molar-refractivity contribution in [3.05, 3.63) is 28.8 Å². The van der Waals surface area contributed by atoms with Gasteiger partial charge in [0.25, 0.3) is 0 Å². The first kappa shape index (κ1) is 13.8. The SMILES string of the molecule is CCNCc1cc(Cl)ccc1SCCOC. The van der Waals surface area contributed by atoms with Crippen LogP contribution in [0.1, 0.15) is 12.5 Å². The molecule has 0 aromatic heterocycles. The number of thioether (sulfide) groups is 1. The van der Waals surface area contributed by atoms with Gasteiger partial charge in [-0.3, -0.25) is 0 Å². The Morgan fingerprint density at radius 1 is 1.44 bits per heavy atom. The van der Waals surface area contributed by atoms with Gasteiger partial charge in [-0.25, -0.2) is 0 Å². The molecule has 0 radical (unpaired) electrons. The molecule has 4 heteroatoms. The molecule has 0 spiro atoms. The fourth-order valence-electron chi connectivity index (χ4n) is 1.32. The number of nitrogens with one attached hydrogen (secondary N) is 1. The molecule has 2 nitrogen and oxygen atoms in total. The van der Waals surface area contributed by atoms with Gasteiger partial charge in [0.15, 0.2) is 0 Å². The summed E-state index contributed by atoms with van der Waals surface area (Å²) in [5.74, 6) is 0.970. The molecular formula is C12H18ClNOS. The lowest BCUT2D eigenvalue weighted by Gasteiger charge is -2.10. The summed E-state index contributed by atoms with van der Waals surface area (Å²) < 4.78 is 5.05. The summed E-state index contributed by atoms with van der Waals surface area (Å²) in [5.41, 5.74) is 1.26. The van der Waals surface area contributed by atoms with E-state index < -0.39 is 0 Å². The third kappa shape index (κ3) is 4.74. The molecule has 0 unspecified atom stereocenters. The second-order valence-corrected chi connectivity index (χ2v) is 4.95. The van der Waals surface area contributed by atoms with E-state index in [0.717, 1.165) is 30.5 Å². The number of hydrogen-bond donors (Lipinski definition) is 1. The molecule has 0 aliphatic rings. The van der Waals surface area contributed by atoms with Gasteiger partial charge in [-0.2, -0.15) is 0 Å². The van der Waals surface area contributed by atoms with Gasteiger partial charge in [-0.05, 0) is 30.3 Å². The first-order valence-corrected chi connectivity index (χ1v) is 6.75. The van der Waals surface area contributed by atoms with Gasteiger partial charge in [-0.15, -0.1) is 11.8 Å². The lowest BCUT2D eigenvalue weighted by molar-refractivity contribution is 0.218. The molecule has 16 heavy (non-hydrogen) atoms. The summed E-state index contributed by atoms with van der Waals surface area (Å²) >= 11 is 7.80. The van der Waals surface area contributed by atoms with Crippen LogP contribution in [0.5, 0.6) is 0 Å². The molecule has 1 aromatic carbocycles. The molecule has 0 bridgehead atoms. The van der Waals surface area contributed by atoms with Gasteiger partial charge in [0.2, 0.25) is 0 Å². The van der Waals surface area contributed by atoms with Crippen LogP contribution in [0.2, 0.25) is 5.02 Å². The van der Waals surface area contributed by atoms with Crippen LogP contribution in [0.25, 0.3) is 0 Å². The standard InChI is InChI=1S/C12H18ClNOS/c1-3-14-9-10-8-11(13)4-5-12(10)16-7-6-15-2/h4-5,8,14H,3,6-7,9H2,1-2H3. The Hall–Kier alpha value is -0.220. The van der Waals surface area contributed by atoms with E-state index in [4.69, 9.17) is 16.3 Å². The van der Waals surface area contributed by atoms with Gasteiger partial charge < -0.3 is 10.1 Å². The largest absolute Gasteiger partial charge is 0.384 e. The van der Waals surface area contributed by atoms with E-state index in [0.29, 0.717) is 0 Å². The first-order chi connectivity index (χ1) is 7.77. The molecule has 1 aromatic rings. The number of methoxy groups -OCH3 is 1. The molecule has 90 valence electrons. The molecule has 0 amide bonds. The molecule has 0 atom stereocenters. The van der Waals surface area contributed by atoms with Crippen LogP contribution in [0.15, 0.2) is 23.1 Å². The van der Waals surface area contributed by atoms with Crippen LogP contribution in [0.3, 0.4) is 0 Å². The minimum atomic E-state index is 0.772. The minimum absolute atomic E-state index is 0.772. The van der Waals surface area contributed by atoms with Crippen molar-refractivity contribution in [1.82, 2.24) is 5.32 Å². The Bertz CT molecular complexity index is 320. The highest BCUT2D eigenvalue weighted by atomic mass is 35.5. The lowest BCUT2D eigenvalue weighted by Crippen LogP contribution is -2.12. The Kier molecular flexibility index (Phi) is 6.88. The monoisotopic (exact) mass is 259 g/mol. The fraction of sp³-hybridized carbons (Fsp3) is 0.500. The zero-order valence-electron chi connectivity index (χ0n) is 9.75. The highest BCUT2D eigenvalue weighted by Crippen LogP contribution is 2.25. The minimum Gasteiger partial charge on any atom is -0.384 e. The van der Waals surface area contributed by atoms with E-state index in [1.54, 1.807) is 7.11 Å². The number of benzene rings is 1. The highest BCUT2D eigenvalue weighted by molar-refractivity contribution is 7.99. The van der Waals surface area contributed by atoms with Crippen molar-refractivity contribution in [2.45, 2.75) is 18.4 Å². The molecule has 0 fully saturated rings. The van der Waals surface area contributed by atoms with E-state index in [1.807, 2.05) is 23.9 Å². The molecule has 0 saturated carbocycles. The number of rotatable bonds is 7. The summed E-state index contributed by atoms with van der Waals surface area (Å²) in [6.07, 6.45) is 0. The second kappa shape index (κ2) is 7.96. The van der Waals surface area contributed by atoms with Crippen LogP contribution in [-0.4, -0.2) is 26.0 Å². The maximum Gasteiger partial charge on any atom is 0.0556 e. The molecular weight excluding hydrogens is 242 g/mol. The quantitative estimate of drug-likeness (QED) is 0.600. The maximum absolute atomic E-state index is 6.00. The van der Waals surface area contributed by atoms with Gasteiger partial charge >= 0.3 is 0 Å². The van der Waals surface area contributed by atoms with Crippen LogP contribution < -0.4 is 5.32 Å². The number of ether oxygens (including phenoxy) is 1. The molecule has 0 saturated heterocycles. The van der Waals surface area contributed by atoms with Crippen molar-refractivity contribution in [3.63, 3.8) is 0 Å². The summed E-state index contributed by atoms with van der Waals surface area (Å²) in [7, 11) is 1.72. The topological polar surface area (TPSA) is 21.3 Å². The van der Waals surface area contributed by atoms with Gasteiger partial charge in [0.1, 0.15) is 0 Å². The predicted molar refractivity (Wildman–Crippen MR) is 71.4 cm³/mol. The fourth-order valence-corrected chi connectivity index (χ4v) is 2.47. The normalized spacial score (nSPS) is 10.7. The third-order valence-electron chi connectivity index (χ3n) is 2.13. The summed E-state index contributed by atoms with van der Waals surface area (Å²) in [4.78, 5) is 1.28. The van der Waals surface area contributed by atoms with Crippen molar-refractivity contribution < 1.29 is 4.74 Å². The maximum atomic E-state index is 6.00. The average molecular weight is 260 g/mol. The lowest BCUT2D eigenvalue weighted by atomic mass is 10.2. The van der Waals surface area contributed by atoms with Crippen molar-refractivity contribution in [2.24, 2.45) is 0 Å². The first-order valence-electron chi connectivity index (χ1n) is 5.38. The summed E-state index contributed by atoms with van der Waals surface area (Å²) in [6.45, 7) is 4.71. The van der Waals surface area contributed by atoms with Crippen LogP contribution >= 0.6 is 23.4 Å². The van der Waals surface area contributed by atoms with Crippen molar-refractivity contribution >= 4 is 23.4 Å². The summed E-state index contributed by atoms with van der Waals surface area (Å²) in [5, 5.41) is 4.11. The smallest absolute Gasteiger partial charge is 0.0556 e. The zero-order valence-corrected chi connectivity index (χ0v) is 11.3. The van der Waals surface area contributed by atoms with E-state index in [2.05, 4.69) is 18.3 Å². The van der Waals surface area contributed by atoms with E-state index in [1.165, 1.54) is 10.5 Å². The Morgan fingerprint density at radius 3 is 2.94 bits per heavy atom. The third-order valence-corrected chi connectivity index (χ3v) is 3.45. The number of halogens is 1. The molecule has 1 rings (SSSR count). The van der Waals surface area contributed by atoms with Crippen LogP contribution in [-0.2, 0) is 11.3 Å². The summed E-state index contributed by atoms with van der Waals surface area (Å²) in [6, 6.07) is 6.04. The van der Waals surface area contributed by atoms with Crippen molar-refractivity contribution in [1.29, 1.82) is 0 Å². The zero-order chi connectivity index (χ0) is 11.8. The molecule has 1 N–H and O–H groups in total. The number of hydrogen-bond acceptors (Lipinski definition) is 3. The van der Waals surface area contributed by atoms with E-state index in [9.17, 15) is 0 Å². The highest BCUT2D eigenvalue weighted by Gasteiger charge is 2.03. The molecule has 0 aliphatic carbocycles. The van der Waals surface area contributed by atoms with E-state index in [-0.39, 0.29) is 0 Å². The van der Waals surface area contributed by atoms with Crippen molar-refractivity contribution in [3.8, 4) is 0 Å². The van der Waals surface area contributed by atoms with Gasteiger partial charge in [0, 0.05) is 29.3 Å². The average Bonchev–Trinajstić information content (AvgIpc) is 2.29. The molecule has 0 heterocycles. The Labute approximate surface area is 107 Å². The van der Waals surface area contributed by atoms with Crippen LogP contribution in [0, 0.1) is 0 Å². The van der Waals surface area contributed by atoms with Crippen molar-refractivity contribution in [2.75, 3.05) is 26.0 Å². The van der Waals surface area contributed by atoms with E-state index >= 15 is 0 Å². The van der Waals surface area contributed by atoms with Gasteiger partial charge in [0.05, 0.1) is 6.61 Å². The van der Waals surface area contributed by atoms with Gasteiger partial charge in [-0.1, -0.05) is 18.5 Å². The predicted octanol–water partition coefficient (Wildman–Crippen LogP) is 3.19. The Balaban J connectivity index is 2.64. The van der Waals surface area contributed by atoms with Crippen LogP contribution in [0.4, 0.5) is 0 Å². The molecule has 0 aliphatic heterocycles.